The van der Waals surface area contributed by atoms with E-state index in [-0.39, 0.29) is 11.4 Å². The highest BCUT2D eigenvalue weighted by Gasteiger charge is 2.27. The Kier molecular flexibility index (Phi) is 2.59. The van der Waals surface area contributed by atoms with Crippen molar-refractivity contribution in [1.29, 1.82) is 0 Å². The second kappa shape index (κ2) is 4.33. The minimum atomic E-state index is -0.259. The van der Waals surface area contributed by atoms with Crippen molar-refractivity contribution in [3.8, 4) is 0 Å². The molecule has 104 valence electrons. The van der Waals surface area contributed by atoms with E-state index in [4.69, 9.17) is 0 Å². The normalized spacial score (nSPS) is 17.9. The lowest BCUT2D eigenvalue weighted by Gasteiger charge is -2.33. The number of fused-ring (bicyclic) bond motifs is 2. The van der Waals surface area contributed by atoms with Crippen LogP contribution in [0.2, 0.25) is 0 Å². The van der Waals surface area contributed by atoms with Gasteiger partial charge in [0.1, 0.15) is 11.6 Å². The monoisotopic (exact) mass is 272 g/mol. The quantitative estimate of drug-likeness (QED) is 0.736. The van der Waals surface area contributed by atoms with E-state index in [9.17, 15) is 9.18 Å². The molecule has 0 radical (unpaired) electrons. The smallest absolute Gasteiger partial charge is 0.260 e. The van der Waals surface area contributed by atoms with Crippen molar-refractivity contribution in [3.05, 3.63) is 39.9 Å². The third kappa shape index (κ3) is 1.54. The van der Waals surface area contributed by atoms with Gasteiger partial charge in [-0.25, -0.2) is 4.39 Å². The third-order valence-corrected chi connectivity index (χ3v) is 4.53. The SMILES string of the molecule is O=c1c2cccc(F)c2c2c3n1CCCN3CCCC2. The summed E-state index contributed by atoms with van der Waals surface area (Å²) in [6.45, 7) is 2.71. The Labute approximate surface area is 116 Å². The number of halogens is 1. The predicted molar refractivity (Wildman–Crippen MR) is 77.9 cm³/mol. The van der Waals surface area contributed by atoms with Gasteiger partial charge in [-0.15, -0.1) is 0 Å². The summed E-state index contributed by atoms with van der Waals surface area (Å²) in [4.78, 5) is 14.9. The molecule has 20 heavy (non-hydrogen) atoms. The molecule has 0 spiro atoms. The van der Waals surface area contributed by atoms with Crippen LogP contribution >= 0.6 is 0 Å². The maximum atomic E-state index is 14.3. The van der Waals surface area contributed by atoms with Crippen molar-refractivity contribution in [2.75, 3.05) is 18.0 Å². The van der Waals surface area contributed by atoms with Gasteiger partial charge in [-0.2, -0.15) is 0 Å². The molecule has 3 heterocycles. The molecule has 0 atom stereocenters. The fraction of sp³-hybridized carbons (Fsp3) is 0.438. The van der Waals surface area contributed by atoms with Crippen LogP contribution in [0.15, 0.2) is 23.0 Å². The Morgan fingerprint density at radius 2 is 1.90 bits per heavy atom. The highest BCUT2D eigenvalue weighted by molar-refractivity contribution is 5.89. The summed E-state index contributed by atoms with van der Waals surface area (Å²) in [6.07, 6.45) is 4.03. The number of aromatic nitrogens is 1. The summed E-state index contributed by atoms with van der Waals surface area (Å²) in [7, 11) is 0. The first kappa shape index (κ1) is 11.9. The molecule has 3 nitrogen and oxygen atoms in total. The molecule has 1 aromatic carbocycles. The molecule has 0 aliphatic carbocycles. The summed E-state index contributed by atoms with van der Waals surface area (Å²) in [5.41, 5.74) is 1.000. The van der Waals surface area contributed by atoms with Crippen LogP contribution in [0.25, 0.3) is 10.8 Å². The molecule has 4 rings (SSSR count). The Morgan fingerprint density at radius 3 is 2.80 bits per heavy atom. The number of rotatable bonds is 0. The van der Waals surface area contributed by atoms with Crippen LogP contribution in [-0.4, -0.2) is 17.7 Å². The largest absolute Gasteiger partial charge is 0.358 e. The van der Waals surface area contributed by atoms with Gasteiger partial charge in [0, 0.05) is 30.6 Å². The minimum absolute atomic E-state index is 0.0372. The first-order valence-electron chi connectivity index (χ1n) is 7.36. The molecule has 0 unspecified atom stereocenters. The lowest BCUT2D eigenvalue weighted by Crippen LogP contribution is -2.38. The zero-order chi connectivity index (χ0) is 13.7. The molecule has 0 saturated carbocycles. The van der Waals surface area contributed by atoms with Crippen LogP contribution < -0.4 is 10.5 Å². The molecule has 2 aliphatic rings. The molecule has 0 amide bonds. The van der Waals surface area contributed by atoms with Crippen molar-refractivity contribution in [2.24, 2.45) is 0 Å². The van der Waals surface area contributed by atoms with Crippen LogP contribution in [0.4, 0.5) is 10.2 Å². The van der Waals surface area contributed by atoms with Crippen LogP contribution in [0.1, 0.15) is 24.8 Å². The van der Waals surface area contributed by atoms with E-state index in [2.05, 4.69) is 4.90 Å². The van der Waals surface area contributed by atoms with E-state index in [1.807, 2.05) is 4.57 Å². The molecule has 2 aromatic rings. The van der Waals surface area contributed by atoms with E-state index in [0.717, 1.165) is 56.7 Å². The number of nitrogens with zero attached hydrogens (tertiary/aromatic N) is 2. The van der Waals surface area contributed by atoms with Crippen molar-refractivity contribution in [3.63, 3.8) is 0 Å². The van der Waals surface area contributed by atoms with Gasteiger partial charge in [-0.3, -0.25) is 9.36 Å². The minimum Gasteiger partial charge on any atom is -0.358 e. The Hall–Kier alpha value is -1.84. The van der Waals surface area contributed by atoms with E-state index in [1.165, 1.54) is 6.07 Å². The lowest BCUT2D eigenvalue weighted by molar-refractivity contribution is 0.546. The first-order chi connectivity index (χ1) is 9.77. The summed E-state index contributed by atoms with van der Waals surface area (Å²) in [6, 6.07) is 4.86. The summed E-state index contributed by atoms with van der Waals surface area (Å²) in [5, 5.41) is 1.09. The number of hydrogen-bond acceptors (Lipinski definition) is 2. The predicted octanol–water partition coefficient (Wildman–Crippen LogP) is 2.69. The molecule has 4 heteroatoms. The van der Waals surface area contributed by atoms with Crippen LogP contribution in [0.3, 0.4) is 0 Å². The Bertz CT molecular complexity index is 750. The van der Waals surface area contributed by atoms with Gasteiger partial charge in [-0.1, -0.05) is 6.07 Å². The van der Waals surface area contributed by atoms with E-state index >= 15 is 0 Å². The number of aryl methyl sites for hydroxylation is 1. The van der Waals surface area contributed by atoms with Gasteiger partial charge in [-0.05, 0) is 37.8 Å². The standard InChI is InChI=1S/C16H17FN2O/c17-13-7-3-6-12-14(13)11-5-1-2-8-18-9-4-10-19(15(11)18)16(12)20/h3,6-7H,1-2,4-5,8-10H2. The number of benzene rings is 1. The zero-order valence-corrected chi connectivity index (χ0v) is 11.4. The summed E-state index contributed by atoms with van der Waals surface area (Å²) >= 11 is 0. The van der Waals surface area contributed by atoms with Crippen molar-refractivity contribution in [1.82, 2.24) is 4.57 Å². The Morgan fingerprint density at radius 1 is 1.05 bits per heavy atom. The Balaban J connectivity index is 2.19. The molecule has 0 N–H and O–H groups in total. The summed E-state index contributed by atoms with van der Waals surface area (Å²) < 4.78 is 16.2. The average molecular weight is 272 g/mol. The highest BCUT2D eigenvalue weighted by atomic mass is 19.1. The molecule has 0 saturated heterocycles. The van der Waals surface area contributed by atoms with Gasteiger partial charge < -0.3 is 4.90 Å². The molecule has 0 fully saturated rings. The second-order valence-corrected chi connectivity index (χ2v) is 5.72. The van der Waals surface area contributed by atoms with Crippen LogP contribution in [0.5, 0.6) is 0 Å². The van der Waals surface area contributed by atoms with E-state index in [0.29, 0.717) is 10.8 Å². The molecule has 0 bridgehead atoms. The molecular weight excluding hydrogens is 255 g/mol. The fourth-order valence-electron chi connectivity index (χ4n) is 3.68. The first-order valence-corrected chi connectivity index (χ1v) is 7.36. The average Bonchev–Trinajstić information content (AvgIpc) is 2.68. The maximum Gasteiger partial charge on any atom is 0.260 e. The van der Waals surface area contributed by atoms with Gasteiger partial charge in [0.15, 0.2) is 0 Å². The van der Waals surface area contributed by atoms with Crippen LogP contribution in [0, 0.1) is 5.82 Å². The fourth-order valence-corrected chi connectivity index (χ4v) is 3.68. The van der Waals surface area contributed by atoms with Gasteiger partial charge in [0.25, 0.3) is 5.56 Å². The van der Waals surface area contributed by atoms with Gasteiger partial charge in [0.05, 0.1) is 5.39 Å². The van der Waals surface area contributed by atoms with Gasteiger partial charge in [0.2, 0.25) is 0 Å². The zero-order valence-electron chi connectivity index (χ0n) is 11.4. The second-order valence-electron chi connectivity index (χ2n) is 5.72. The van der Waals surface area contributed by atoms with Crippen molar-refractivity contribution in [2.45, 2.75) is 32.2 Å². The number of anilines is 1. The van der Waals surface area contributed by atoms with Crippen molar-refractivity contribution >= 4 is 16.6 Å². The van der Waals surface area contributed by atoms with Crippen molar-refractivity contribution < 1.29 is 4.39 Å². The molecular formula is C16H17FN2O. The van der Waals surface area contributed by atoms with E-state index < -0.39 is 0 Å². The van der Waals surface area contributed by atoms with Gasteiger partial charge >= 0.3 is 0 Å². The molecule has 2 aliphatic heterocycles. The maximum absolute atomic E-state index is 14.3. The van der Waals surface area contributed by atoms with Crippen LogP contribution in [-0.2, 0) is 13.0 Å². The molecule has 1 aromatic heterocycles. The lowest BCUT2D eigenvalue weighted by atomic mass is 10.0. The van der Waals surface area contributed by atoms with E-state index in [1.54, 1.807) is 12.1 Å². The highest BCUT2D eigenvalue weighted by Crippen LogP contribution is 2.34. The summed E-state index contributed by atoms with van der Waals surface area (Å²) in [5.74, 6) is 0.724. The third-order valence-electron chi connectivity index (χ3n) is 4.53. The number of pyridine rings is 1. The topological polar surface area (TPSA) is 25.2 Å². The number of hydrogen-bond donors (Lipinski definition) is 0.